The maximum atomic E-state index is 12.5. The van der Waals surface area contributed by atoms with Crippen LogP contribution in [0, 0.1) is 6.92 Å². The van der Waals surface area contributed by atoms with E-state index in [2.05, 4.69) is 15.2 Å². The van der Waals surface area contributed by atoms with Crippen molar-refractivity contribution in [2.75, 3.05) is 12.4 Å². The van der Waals surface area contributed by atoms with E-state index in [0.29, 0.717) is 17.0 Å². The number of rotatable bonds is 6. The molecule has 2 rings (SSSR count). The maximum absolute atomic E-state index is 12.5. The second kappa shape index (κ2) is 7.29. The van der Waals surface area contributed by atoms with Crippen LogP contribution in [0.5, 0.6) is 11.5 Å². The quantitative estimate of drug-likeness (QED) is 0.861. The second-order valence-corrected chi connectivity index (χ2v) is 5.36. The SMILES string of the molecule is COc1ccc(NC(=O)c2c(C)noc2C(C)C)cc1OC(F)F. The first kappa shape index (κ1) is 17.7. The molecule has 8 heteroatoms. The lowest BCUT2D eigenvalue weighted by molar-refractivity contribution is -0.0511. The molecule has 1 aromatic heterocycles. The normalized spacial score (nSPS) is 11.0. The van der Waals surface area contributed by atoms with Crippen LogP contribution in [-0.4, -0.2) is 24.8 Å². The molecule has 1 aromatic carbocycles. The molecule has 130 valence electrons. The first-order valence-corrected chi connectivity index (χ1v) is 7.23. The molecule has 6 nitrogen and oxygen atoms in total. The van der Waals surface area contributed by atoms with Gasteiger partial charge in [0.2, 0.25) is 0 Å². The molecular weight excluding hydrogens is 322 g/mol. The van der Waals surface area contributed by atoms with E-state index in [9.17, 15) is 13.6 Å². The van der Waals surface area contributed by atoms with Gasteiger partial charge in [-0.15, -0.1) is 0 Å². The largest absolute Gasteiger partial charge is 0.493 e. The predicted octanol–water partition coefficient (Wildman–Crippen LogP) is 3.97. The third-order valence-electron chi connectivity index (χ3n) is 3.28. The van der Waals surface area contributed by atoms with E-state index in [-0.39, 0.29) is 23.1 Å². The molecular formula is C16H18F2N2O4. The number of aryl methyl sites for hydroxylation is 1. The molecule has 0 saturated heterocycles. The molecule has 0 aliphatic rings. The lowest BCUT2D eigenvalue weighted by Gasteiger charge is -2.12. The van der Waals surface area contributed by atoms with Crippen molar-refractivity contribution in [2.24, 2.45) is 0 Å². The Bertz CT molecular complexity index is 729. The molecule has 0 unspecified atom stereocenters. The Hall–Kier alpha value is -2.64. The number of nitrogens with zero attached hydrogens (tertiary/aromatic N) is 1. The number of alkyl halides is 2. The summed E-state index contributed by atoms with van der Waals surface area (Å²) in [6.07, 6.45) is 0. The number of amides is 1. The van der Waals surface area contributed by atoms with E-state index in [1.807, 2.05) is 13.8 Å². The number of ether oxygens (including phenoxy) is 2. The number of anilines is 1. The van der Waals surface area contributed by atoms with Gasteiger partial charge in [-0.2, -0.15) is 8.78 Å². The summed E-state index contributed by atoms with van der Waals surface area (Å²) in [5, 5.41) is 6.43. The average Bonchev–Trinajstić information content (AvgIpc) is 2.89. The molecule has 0 aliphatic heterocycles. The van der Waals surface area contributed by atoms with Crippen molar-refractivity contribution in [3.63, 3.8) is 0 Å². The van der Waals surface area contributed by atoms with Gasteiger partial charge in [0.25, 0.3) is 5.91 Å². The number of carbonyl (C=O) groups excluding carboxylic acids is 1. The highest BCUT2D eigenvalue weighted by Crippen LogP contribution is 2.32. The summed E-state index contributed by atoms with van der Waals surface area (Å²) in [7, 11) is 1.33. The number of hydrogen-bond donors (Lipinski definition) is 1. The number of carbonyl (C=O) groups is 1. The second-order valence-electron chi connectivity index (χ2n) is 5.36. The zero-order valence-electron chi connectivity index (χ0n) is 13.7. The van der Waals surface area contributed by atoms with Gasteiger partial charge in [-0.05, 0) is 19.1 Å². The van der Waals surface area contributed by atoms with Gasteiger partial charge in [0.15, 0.2) is 17.3 Å². The van der Waals surface area contributed by atoms with Crippen molar-refractivity contribution in [2.45, 2.75) is 33.3 Å². The zero-order chi connectivity index (χ0) is 17.9. The van der Waals surface area contributed by atoms with Gasteiger partial charge < -0.3 is 19.3 Å². The number of methoxy groups -OCH3 is 1. The van der Waals surface area contributed by atoms with Crippen LogP contribution in [-0.2, 0) is 0 Å². The fourth-order valence-corrected chi connectivity index (χ4v) is 2.19. The summed E-state index contributed by atoms with van der Waals surface area (Å²) in [6, 6.07) is 4.21. The lowest BCUT2D eigenvalue weighted by Crippen LogP contribution is -2.15. The molecule has 2 aromatic rings. The van der Waals surface area contributed by atoms with Crippen molar-refractivity contribution in [3.8, 4) is 11.5 Å². The van der Waals surface area contributed by atoms with Gasteiger partial charge in [0.05, 0.1) is 12.8 Å². The Morgan fingerprint density at radius 1 is 1.29 bits per heavy atom. The topological polar surface area (TPSA) is 73.6 Å². The van der Waals surface area contributed by atoms with Gasteiger partial charge in [0.1, 0.15) is 5.56 Å². The molecule has 1 heterocycles. The van der Waals surface area contributed by atoms with E-state index in [1.54, 1.807) is 6.92 Å². The summed E-state index contributed by atoms with van der Waals surface area (Å²) in [5.74, 6) is -0.0394. The molecule has 24 heavy (non-hydrogen) atoms. The number of halogens is 2. The van der Waals surface area contributed by atoms with E-state index >= 15 is 0 Å². The fraction of sp³-hybridized carbons (Fsp3) is 0.375. The van der Waals surface area contributed by atoms with Crippen molar-refractivity contribution in [3.05, 3.63) is 35.2 Å². The first-order chi connectivity index (χ1) is 11.3. The summed E-state index contributed by atoms with van der Waals surface area (Å²) < 4.78 is 39.4. The van der Waals surface area contributed by atoms with Crippen molar-refractivity contribution < 1.29 is 27.6 Å². The minimum atomic E-state index is -3.00. The molecule has 0 saturated carbocycles. The highest BCUT2D eigenvalue weighted by molar-refractivity contribution is 6.05. The van der Waals surface area contributed by atoms with Crippen LogP contribution in [0.4, 0.5) is 14.5 Å². The summed E-state index contributed by atoms with van der Waals surface area (Å²) in [5.41, 5.74) is 1.07. The Balaban J connectivity index is 2.28. The van der Waals surface area contributed by atoms with Gasteiger partial charge in [-0.1, -0.05) is 19.0 Å². The lowest BCUT2D eigenvalue weighted by atomic mass is 10.0. The van der Waals surface area contributed by atoms with Gasteiger partial charge in [-0.3, -0.25) is 4.79 Å². The Labute approximate surface area is 137 Å². The number of benzene rings is 1. The van der Waals surface area contributed by atoms with Gasteiger partial charge in [0, 0.05) is 17.7 Å². The van der Waals surface area contributed by atoms with E-state index < -0.39 is 12.5 Å². The van der Waals surface area contributed by atoms with Crippen LogP contribution in [0.2, 0.25) is 0 Å². The van der Waals surface area contributed by atoms with Crippen LogP contribution >= 0.6 is 0 Å². The Morgan fingerprint density at radius 3 is 2.58 bits per heavy atom. The third kappa shape index (κ3) is 3.81. The minimum Gasteiger partial charge on any atom is -0.493 e. The molecule has 0 aliphatic carbocycles. The zero-order valence-corrected chi connectivity index (χ0v) is 13.7. The van der Waals surface area contributed by atoms with Gasteiger partial charge >= 0.3 is 6.61 Å². The molecule has 1 amide bonds. The van der Waals surface area contributed by atoms with Crippen LogP contribution in [0.3, 0.4) is 0 Å². The van der Waals surface area contributed by atoms with Crippen LogP contribution in [0.15, 0.2) is 22.7 Å². The van der Waals surface area contributed by atoms with Crippen molar-refractivity contribution in [1.29, 1.82) is 0 Å². The Kier molecular flexibility index (Phi) is 5.38. The summed E-state index contributed by atoms with van der Waals surface area (Å²) in [4.78, 5) is 12.5. The smallest absolute Gasteiger partial charge is 0.387 e. The number of hydrogen-bond acceptors (Lipinski definition) is 5. The predicted molar refractivity (Wildman–Crippen MR) is 82.9 cm³/mol. The highest BCUT2D eigenvalue weighted by atomic mass is 19.3. The van der Waals surface area contributed by atoms with E-state index in [1.165, 1.54) is 25.3 Å². The molecule has 0 fully saturated rings. The minimum absolute atomic E-state index is 0.0273. The maximum Gasteiger partial charge on any atom is 0.387 e. The number of nitrogens with one attached hydrogen (secondary N) is 1. The summed E-state index contributed by atoms with van der Waals surface area (Å²) in [6.45, 7) is 2.40. The highest BCUT2D eigenvalue weighted by Gasteiger charge is 2.23. The monoisotopic (exact) mass is 340 g/mol. The fourth-order valence-electron chi connectivity index (χ4n) is 2.19. The van der Waals surface area contributed by atoms with E-state index in [0.717, 1.165) is 0 Å². The van der Waals surface area contributed by atoms with Crippen molar-refractivity contribution >= 4 is 11.6 Å². The Morgan fingerprint density at radius 2 is 2.00 bits per heavy atom. The first-order valence-electron chi connectivity index (χ1n) is 7.23. The third-order valence-corrected chi connectivity index (χ3v) is 3.28. The molecule has 1 N–H and O–H groups in total. The molecule has 0 atom stereocenters. The van der Waals surface area contributed by atoms with Gasteiger partial charge in [-0.25, -0.2) is 0 Å². The summed E-state index contributed by atoms with van der Waals surface area (Å²) >= 11 is 0. The van der Waals surface area contributed by atoms with E-state index in [4.69, 9.17) is 9.26 Å². The molecule has 0 spiro atoms. The number of aromatic nitrogens is 1. The average molecular weight is 340 g/mol. The van der Waals surface area contributed by atoms with Crippen LogP contribution in [0.1, 0.15) is 41.6 Å². The van der Waals surface area contributed by atoms with Crippen LogP contribution in [0.25, 0.3) is 0 Å². The molecule has 0 bridgehead atoms. The van der Waals surface area contributed by atoms with Crippen LogP contribution < -0.4 is 14.8 Å². The van der Waals surface area contributed by atoms with Crippen molar-refractivity contribution in [1.82, 2.24) is 5.16 Å². The molecule has 0 radical (unpaired) electrons. The standard InChI is InChI=1S/C16H18F2N2O4/c1-8(2)14-13(9(3)20-24-14)15(21)19-10-5-6-11(22-4)12(7-10)23-16(17)18/h5-8,16H,1-4H3,(H,19,21).